The average Bonchev–Trinajstić information content (AvgIpc) is 2.36. The average molecular weight is 254 g/mol. The van der Waals surface area contributed by atoms with Crippen molar-refractivity contribution < 1.29 is 4.79 Å². The third-order valence-electron chi connectivity index (χ3n) is 4.33. The Labute approximate surface area is 112 Å². The van der Waals surface area contributed by atoms with Crippen LogP contribution in [-0.2, 0) is 4.79 Å². The van der Waals surface area contributed by atoms with Gasteiger partial charge in [0, 0.05) is 6.04 Å². The molecule has 2 N–H and O–H groups in total. The highest BCUT2D eigenvalue weighted by atomic mass is 16.2. The SMILES string of the molecule is CCCC1(C(=O)NC(CC)C(C)C)CCNCC1. The number of carbonyl (C=O) groups excluding carboxylic acids is 1. The molecule has 1 aliphatic rings. The van der Waals surface area contributed by atoms with Gasteiger partial charge in [0.1, 0.15) is 0 Å². The maximum atomic E-state index is 12.6. The first-order chi connectivity index (χ1) is 8.55. The van der Waals surface area contributed by atoms with E-state index in [0.717, 1.165) is 45.2 Å². The largest absolute Gasteiger partial charge is 0.353 e. The summed E-state index contributed by atoms with van der Waals surface area (Å²) in [5, 5.41) is 6.66. The lowest BCUT2D eigenvalue weighted by atomic mass is 9.74. The molecular weight excluding hydrogens is 224 g/mol. The summed E-state index contributed by atoms with van der Waals surface area (Å²) in [5.41, 5.74) is -0.109. The van der Waals surface area contributed by atoms with Gasteiger partial charge in [0.25, 0.3) is 0 Å². The summed E-state index contributed by atoms with van der Waals surface area (Å²) >= 11 is 0. The molecule has 1 atom stereocenters. The molecule has 0 radical (unpaired) electrons. The lowest BCUT2D eigenvalue weighted by molar-refractivity contribution is -0.134. The molecule has 1 amide bonds. The molecule has 1 heterocycles. The van der Waals surface area contributed by atoms with Gasteiger partial charge in [0.05, 0.1) is 5.41 Å². The van der Waals surface area contributed by atoms with Crippen molar-refractivity contribution >= 4 is 5.91 Å². The van der Waals surface area contributed by atoms with Gasteiger partial charge in [-0.3, -0.25) is 4.79 Å². The Morgan fingerprint density at radius 3 is 2.33 bits per heavy atom. The lowest BCUT2D eigenvalue weighted by Gasteiger charge is -2.38. The molecule has 0 aromatic rings. The fourth-order valence-electron chi connectivity index (χ4n) is 3.04. The van der Waals surface area contributed by atoms with E-state index in [9.17, 15) is 4.79 Å². The molecule has 0 aromatic heterocycles. The van der Waals surface area contributed by atoms with Crippen LogP contribution in [0.25, 0.3) is 0 Å². The van der Waals surface area contributed by atoms with Crippen LogP contribution in [0.4, 0.5) is 0 Å². The Bertz CT molecular complexity index is 252. The molecule has 0 aromatic carbocycles. The topological polar surface area (TPSA) is 41.1 Å². The number of hydrogen-bond acceptors (Lipinski definition) is 2. The summed E-state index contributed by atoms with van der Waals surface area (Å²) in [5.74, 6) is 0.811. The fraction of sp³-hybridized carbons (Fsp3) is 0.933. The monoisotopic (exact) mass is 254 g/mol. The van der Waals surface area contributed by atoms with E-state index in [-0.39, 0.29) is 5.41 Å². The third kappa shape index (κ3) is 3.71. The van der Waals surface area contributed by atoms with E-state index in [1.807, 2.05) is 0 Å². The van der Waals surface area contributed by atoms with Crippen LogP contribution in [-0.4, -0.2) is 25.0 Å². The van der Waals surface area contributed by atoms with E-state index in [0.29, 0.717) is 17.9 Å². The van der Waals surface area contributed by atoms with Crippen LogP contribution in [0, 0.1) is 11.3 Å². The predicted molar refractivity (Wildman–Crippen MR) is 76.5 cm³/mol. The van der Waals surface area contributed by atoms with Gasteiger partial charge in [-0.15, -0.1) is 0 Å². The molecule has 1 unspecified atom stereocenters. The first-order valence-electron chi connectivity index (χ1n) is 7.57. The molecule has 0 aliphatic carbocycles. The van der Waals surface area contributed by atoms with Gasteiger partial charge in [0.2, 0.25) is 5.91 Å². The van der Waals surface area contributed by atoms with Crippen molar-refractivity contribution in [2.45, 2.75) is 65.8 Å². The van der Waals surface area contributed by atoms with Crippen molar-refractivity contribution in [1.82, 2.24) is 10.6 Å². The van der Waals surface area contributed by atoms with E-state index < -0.39 is 0 Å². The Balaban J connectivity index is 2.70. The highest BCUT2D eigenvalue weighted by Gasteiger charge is 2.39. The first kappa shape index (κ1) is 15.5. The second-order valence-corrected chi connectivity index (χ2v) is 6.01. The maximum absolute atomic E-state index is 12.6. The summed E-state index contributed by atoms with van der Waals surface area (Å²) in [6.07, 6.45) is 5.10. The maximum Gasteiger partial charge on any atom is 0.226 e. The van der Waals surface area contributed by atoms with Crippen LogP contribution in [0.1, 0.15) is 59.8 Å². The molecule has 1 fully saturated rings. The van der Waals surface area contributed by atoms with Crippen LogP contribution in [0.3, 0.4) is 0 Å². The zero-order valence-corrected chi connectivity index (χ0v) is 12.5. The Kier molecular flexibility index (Phi) is 6.13. The number of nitrogens with one attached hydrogen (secondary N) is 2. The van der Waals surface area contributed by atoms with Crippen LogP contribution in [0.2, 0.25) is 0 Å². The fourth-order valence-corrected chi connectivity index (χ4v) is 3.04. The Hall–Kier alpha value is -0.570. The van der Waals surface area contributed by atoms with Gasteiger partial charge in [-0.25, -0.2) is 0 Å². The van der Waals surface area contributed by atoms with E-state index in [1.165, 1.54) is 0 Å². The molecule has 0 bridgehead atoms. The summed E-state index contributed by atoms with van der Waals surface area (Å²) in [4.78, 5) is 12.6. The number of amides is 1. The summed E-state index contributed by atoms with van der Waals surface area (Å²) < 4.78 is 0. The van der Waals surface area contributed by atoms with E-state index >= 15 is 0 Å². The van der Waals surface area contributed by atoms with E-state index in [2.05, 4.69) is 38.3 Å². The molecule has 18 heavy (non-hydrogen) atoms. The van der Waals surface area contributed by atoms with E-state index in [1.54, 1.807) is 0 Å². The molecule has 0 saturated carbocycles. The molecule has 3 nitrogen and oxygen atoms in total. The van der Waals surface area contributed by atoms with Crippen LogP contribution in [0.15, 0.2) is 0 Å². The Morgan fingerprint density at radius 1 is 1.28 bits per heavy atom. The van der Waals surface area contributed by atoms with Crippen molar-refractivity contribution in [3.8, 4) is 0 Å². The zero-order chi connectivity index (χ0) is 13.6. The second kappa shape index (κ2) is 7.13. The molecule has 0 spiro atoms. The van der Waals surface area contributed by atoms with Gasteiger partial charge < -0.3 is 10.6 Å². The zero-order valence-electron chi connectivity index (χ0n) is 12.5. The Morgan fingerprint density at radius 2 is 1.89 bits per heavy atom. The van der Waals surface area contributed by atoms with Crippen molar-refractivity contribution in [1.29, 1.82) is 0 Å². The van der Waals surface area contributed by atoms with Crippen LogP contribution in [0.5, 0.6) is 0 Å². The standard InChI is InChI=1S/C15H30N2O/c1-5-7-15(8-10-16-11-9-15)14(18)17-13(6-2)12(3)4/h12-13,16H,5-11H2,1-4H3,(H,17,18). The summed E-state index contributed by atoms with van der Waals surface area (Å²) in [7, 11) is 0. The third-order valence-corrected chi connectivity index (χ3v) is 4.33. The van der Waals surface area contributed by atoms with Gasteiger partial charge >= 0.3 is 0 Å². The lowest BCUT2D eigenvalue weighted by Crippen LogP contribution is -2.51. The van der Waals surface area contributed by atoms with Gasteiger partial charge in [0.15, 0.2) is 0 Å². The van der Waals surface area contributed by atoms with Crippen molar-refractivity contribution in [3.63, 3.8) is 0 Å². The predicted octanol–water partition coefficient (Wildman–Crippen LogP) is 2.71. The van der Waals surface area contributed by atoms with Gasteiger partial charge in [-0.1, -0.05) is 34.1 Å². The highest BCUT2D eigenvalue weighted by Crippen LogP contribution is 2.34. The normalized spacial score (nSPS) is 20.7. The summed E-state index contributed by atoms with van der Waals surface area (Å²) in [6, 6.07) is 0.320. The van der Waals surface area contributed by atoms with E-state index in [4.69, 9.17) is 0 Å². The molecule has 106 valence electrons. The minimum Gasteiger partial charge on any atom is -0.353 e. The van der Waals surface area contributed by atoms with Gasteiger partial charge in [-0.05, 0) is 44.7 Å². The number of rotatable bonds is 6. The molecule has 3 heteroatoms. The minimum atomic E-state index is -0.109. The molecule has 1 saturated heterocycles. The quantitative estimate of drug-likeness (QED) is 0.765. The number of hydrogen-bond donors (Lipinski definition) is 2. The first-order valence-corrected chi connectivity index (χ1v) is 7.57. The van der Waals surface area contributed by atoms with Crippen LogP contribution < -0.4 is 10.6 Å². The minimum absolute atomic E-state index is 0.109. The molecular formula is C15H30N2O. The van der Waals surface area contributed by atoms with Gasteiger partial charge in [-0.2, -0.15) is 0 Å². The van der Waals surface area contributed by atoms with Crippen molar-refractivity contribution in [3.05, 3.63) is 0 Å². The number of piperidine rings is 1. The second-order valence-electron chi connectivity index (χ2n) is 6.01. The molecule has 1 rings (SSSR count). The number of carbonyl (C=O) groups is 1. The summed E-state index contributed by atoms with van der Waals surface area (Å²) in [6.45, 7) is 10.7. The highest BCUT2D eigenvalue weighted by molar-refractivity contribution is 5.83. The van der Waals surface area contributed by atoms with Crippen molar-refractivity contribution in [2.24, 2.45) is 11.3 Å². The molecule has 1 aliphatic heterocycles. The van der Waals surface area contributed by atoms with Crippen LogP contribution >= 0.6 is 0 Å². The van der Waals surface area contributed by atoms with Crippen molar-refractivity contribution in [2.75, 3.05) is 13.1 Å². The smallest absolute Gasteiger partial charge is 0.226 e.